The Morgan fingerprint density at radius 2 is 1.94 bits per heavy atom. The van der Waals surface area contributed by atoms with Crippen molar-refractivity contribution in [1.29, 1.82) is 0 Å². The molecule has 1 amide bonds. The maximum atomic E-state index is 11.9. The Balaban J connectivity index is 2.23. The molecule has 1 heterocycles. The van der Waals surface area contributed by atoms with E-state index in [1.807, 2.05) is 0 Å². The summed E-state index contributed by atoms with van der Waals surface area (Å²) in [7, 11) is 0. The Kier molecular flexibility index (Phi) is 6.13. The fourth-order valence-electron chi connectivity index (χ4n) is 2.88. The molecule has 0 radical (unpaired) electrons. The van der Waals surface area contributed by atoms with Gasteiger partial charge in [0, 0.05) is 26.2 Å². The third-order valence-corrected chi connectivity index (χ3v) is 3.53. The van der Waals surface area contributed by atoms with Crippen LogP contribution in [0.1, 0.15) is 53.4 Å². The summed E-state index contributed by atoms with van der Waals surface area (Å²) < 4.78 is 5.32. The van der Waals surface area contributed by atoms with Gasteiger partial charge in [-0.2, -0.15) is 0 Å². The maximum Gasteiger partial charge on any atom is 0.220 e. The summed E-state index contributed by atoms with van der Waals surface area (Å²) in [6.07, 6.45) is 3.89. The van der Waals surface area contributed by atoms with Crippen LogP contribution in [0.15, 0.2) is 0 Å². The molecule has 0 aromatic carbocycles. The Morgan fingerprint density at radius 1 is 1.33 bits per heavy atom. The van der Waals surface area contributed by atoms with E-state index >= 15 is 0 Å². The molecule has 0 bridgehead atoms. The third-order valence-electron chi connectivity index (χ3n) is 3.53. The van der Waals surface area contributed by atoms with E-state index in [0.29, 0.717) is 18.3 Å². The molecule has 3 heteroatoms. The average molecular weight is 255 g/mol. The number of hydrogen-bond acceptors (Lipinski definition) is 2. The van der Waals surface area contributed by atoms with Crippen molar-refractivity contribution >= 4 is 5.91 Å². The first-order chi connectivity index (χ1) is 8.39. The van der Waals surface area contributed by atoms with E-state index in [4.69, 9.17) is 4.74 Å². The van der Waals surface area contributed by atoms with E-state index < -0.39 is 0 Å². The Bertz CT molecular complexity index is 255. The molecule has 1 rings (SSSR count). The van der Waals surface area contributed by atoms with Crippen LogP contribution in [0.2, 0.25) is 0 Å². The molecular weight excluding hydrogens is 226 g/mol. The number of ether oxygens (including phenoxy) is 1. The lowest BCUT2D eigenvalue weighted by atomic mass is 9.81. The standard InChI is InChI=1S/C15H29NO2/c1-12(2)9-15(3,4)10-14(17)16-11-13-5-7-18-8-6-13/h12-13H,5-11H2,1-4H3,(H,16,17). The highest BCUT2D eigenvalue weighted by Gasteiger charge is 2.23. The van der Waals surface area contributed by atoms with Gasteiger partial charge in [0.25, 0.3) is 0 Å². The van der Waals surface area contributed by atoms with Gasteiger partial charge in [-0.25, -0.2) is 0 Å². The van der Waals surface area contributed by atoms with Gasteiger partial charge in [0.15, 0.2) is 0 Å². The van der Waals surface area contributed by atoms with Crippen LogP contribution in [-0.4, -0.2) is 25.7 Å². The number of hydrogen-bond donors (Lipinski definition) is 1. The predicted molar refractivity (Wildman–Crippen MR) is 74.4 cm³/mol. The zero-order chi connectivity index (χ0) is 13.6. The molecule has 106 valence electrons. The summed E-state index contributed by atoms with van der Waals surface area (Å²) in [6, 6.07) is 0. The van der Waals surface area contributed by atoms with Crippen molar-refractivity contribution < 1.29 is 9.53 Å². The lowest BCUT2D eigenvalue weighted by Crippen LogP contribution is -2.34. The highest BCUT2D eigenvalue weighted by atomic mass is 16.5. The summed E-state index contributed by atoms with van der Waals surface area (Å²) in [5.41, 5.74) is 0.105. The van der Waals surface area contributed by atoms with Gasteiger partial charge in [0.1, 0.15) is 0 Å². The normalized spacial score (nSPS) is 18.1. The monoisotopic (exact) mass is 255 g/mol. The highest BCUT2D eigenvalue weighted by molar-refractivity contribution is 5.76. The van der Waals surface area contributed by atoms with Gasteiger partial charge in [-0.15, -0.1) is 0 Å². The fraction of sp³-hybridized carbons (Fsp3) is 0.933. The quantitative estimate of drug-likeness (QED) is 0.792. The molecule has 3 nitrogen and oxygen atoms in total. The van der Waals surface area contributed by atoms with Crippen molar-refractivity contribution in [2.45, 2.75) is 53.4 Å². The van der Waals surface area contributed by atoms with E-state index in [0.717, 1.165) is 39.0 Å². The van der Waals surface area contributed by atoms with Crippen LogP contribution in [0.25, 0.3) is 0 Å². The molecule has 0 aromatic rings. The van der Waals surface area contributed by atoms with Gasteiger partial charge in [-0.05, 0) is 36.5 Å². The first kappa shape index (κ1) is 15.5. The van der Waals surface area contributed by atoms with E-state index in [1.165, 1.54) is 0 Å². The molecule has 0 spiro atoms. The van der Waals surface area contributed by atoms with Crippen molar-refractivity contribution in [1.82, 2.24) is 5.32 Å². The van der Waals surface area contributed by atoms with Crippen molar-refractivity contribution in [2.75, 3.05) is 19.8 Å². The van der Waals surface area contributed by atoms with Crippen LogP contribution in [0, 0.1) is 17.3 Å². The van der Waals surface area contributed by atoms with Gasteiger partial charge < -0.3 is 10.1 Å². The topological polar surface area (TPSA) is 38.3 Å². The minimum absolute atomic E-state index is 0.105. The van der Waals surface area contributed by atoms with Crippen molar-refractivity contribution in [2.24, 2.45) is 17.3 Å². The summed E-state index contributed by atoms with van der Waals surface area (Å²) in [5, 5.41) is 3.09. The van der Waals surface area contributed by atoms with Crippen LogP contribution in [0.5, 0.6) is 0 Å². The largest absolute Gasteiger partial charge is 0.381 e. The predicted octanol–water partition coefficient (Wildman–Crippen LogP) is 2.99. The van der Waals surface area contributed by atoms with E-state index in [1.54, 1.807) is 0 Å². The SMILES string of the molecule is CC(C)CC(C)(C)CC(=O)NCC1CCOCC1. The van der Waals surface area contributed by atoms with E-state index in [9.17, 15) is 4.79 Å². The first-order valence-corrected chi connectivity index (χ1v) is 7.23. The summed E-state index contributed by atoms with van der Waals surface area (Å²) in [6.45, 7) is 11.3. The second kappa shape index (κ2) is 7.13. The van der Waals surface area contributed by atoms with Crippen LogP contribution < -0.4 is 5.32 Å². The smallest absolute Gasteiger partial charge is 0.220 e. The molecule has 1 aliphatic heterocycles. The van der Waals surface area contributed by atoms with Crippen molar-refractivity contribution in [3.8, 4) is 0 Å². The minimum atomic E-state index is 0.105. The van der Waals surface area contributed by atoms with Gasteiger partial charge in [0.2, 0.25) is 5.91 Å². The van der Waals surface area contributed by atoms with Crippen LogP contribution >= 0.6 is 0 Å². The van der Waals surface area contributed by atoms with Gasteiger partial charge in [0.05, 0.1) is 0 Å². The second-order valence-corrected chi connectivity index (χ2v) is 6.80. The van der Waals surface area contributed by atoms with Crippen molar-refractivity contribution in [3.05, 3.63) is 0 Å². The van der Waals surface area contributed by atoms with E-state index in [2.05, 4.69) is 33.0 Å². The lowest BCUT2D eigenvalue weighted by Gasteiger charge is -2.27. The first-order valence-electron chi connectivity index (χ1n) is 7.23. The molecule has 0 aromatic heterocycles. The van der Waals surface area contributed by atoms with Gasteiger partial charge in [-0.3, -0.25) is 4.79 Å². The zero-order valence-corrected chi connectivity index (χ0v) is 12.4. The van der Waals surface area contributed by atoms with Crippen molar-refractivity contribution in [3.63, 3.8) is 0 Å². The fourth-order valence-corrected chi connectivity index (χ4v) is 2.88. The Morgan fingerprint density at radius 3 is 2.50 bits per heavy atom. The van der Waals surface area contributed by atoms with Gasteiger partial charge in [-0.1, -0.05) is 27.7 Å². The summed E-state index contributed by atoms with van der Waals surface area (Å²) >= 11 is 0. The number of rotatable bonds is 6. The number of carbonyl (C=O) groups is 1. The molecule has 0 unspecified atom stereocenters. The van der Waals surface area contributed by atoms with Crippen LogP contribution in [-0.2, 0) is 9.53 Å². The second-order valence-electron chi connectivity index (χ2n) is 6.80. The molecule has 18 heavy (non-hydrogen) atoms. The number of nitrogens with one attached hydrogen (secondary N) is 1. The maximum absolute atomic E-state index is 11.9. The third kappa shape index (κ3) is 6.39. The number of amides is 1. The highest BCUT2D eigenvalue weighted by Crippen LogP contribution is 2.28. The molecule has 0 saturated carbocycles. The lowest BCUT2D eigenvalue weighted by molar-refractivity contribution is -0.123. The van der Waals surface area contributed by atoms with Crippen LogP contribution in [0.4, 0.5) is 0 Å². The van der Waals surface area contributed by atoms with Crippen LogP contribution in [0.3, 0.4) is 0 Å². The molecule has 0 atom stereocenters. The Labute approximate surface area is 112 Å². The molecular formula is C15H29NO2. The summed E-state index contributed by atoms with van der Waals surface area (Å²) in [5.74, 6) is 1.45. The molecule has 1 saturated heterocycles. The van der Waals surface area contributed by atoms with E-state index in [-0.39, 0.29) is 11.3 Å². The molecule has 1 aliphatic rings. The molecule has 1 N–H and O–H groups in total. The van der Waals surface area contributed by atoms with Gasteiger partial charge >= 0.3 is 0 Å². The average Bonchev–Trinajstić information content (AvgIpc) is 2.25. The summed E-state index contributed by atoms with van der Waals surface area (Å²) in [4.78, 5) is 11.9. The minimum Gasteiger partial charge on any atom is -0.381 e. The molecule has 0 aliphatic carbocycles. The Hall–Kier alpha value is -0.570. The number of carbonyl (C=O) groups excluding carboxylic acids is 1. The zero-order valence-electron chi connectivity index (χ0n) is 12.4. The molecule has 1 fully saturated rings.